The molecule has 0 spiro atoms. The summed E-state index contributed by atoms with van der Waals surface area (Å²) in [6.45, 7) is 3.04. The van der Waals surface area contributed by atoms with Crippen molar-refractivity contribution in [1.29, 1.82) is 0 Å². The Morgan fingerprint density at radius 2 is 1.73 bits per heavy atom. The molecule has 0 amide bonds. The van der Waals surface area contributed by atoms with E-state index in [1.807, 2.05) is 24.3 Å². The summed E-state index contributed by atoms with van der Waals surface area (Å²) in [6.07, 6.45) is 0. The van der Waals surface area contributed by atoms with E-state index in [1.54, 1.807) is 25.1 Å². The highest BCUT2D eigenvalue weighted by molar-refractivity contribution is 7.80. The number of para-hydroxylation sites is 1. The Balaban J connectivity index is 2.01. The Kier molecular flexibility index (Phi) is 7.03. The first-order chi connectivity index (χ1) is 12.4. The normalized spacial score (nSPS) is 11.6. The fourth-order valence-corrected chi connectivity index (χ4v) is 2.43. The number of alkyl halides is 2. The van der Waals surface area contributed by atoms with Crippen molar-refractivity contribution >= 4 is 28.7 Å². The van der Waals surface area contributed by atoms with Gasteiger partial charge < -0.3 is 10.1 Å². The molecular weight excluding hydrogens is 356 g/mol. The summed E-state index contributed by atoms with van der Waals surface area (Å²) in [5.74, 6) is 0.519. The summed E-state index contributed by atoms with van der Waals surface area (Å²) in [7, 11) is 0. The van der Waals surface area contributed by atoms with Gasteiger partial charge in [-0.15, -0.1) is 0 Å². The third-order valence-electron chi connectivity index (χ3n) is 3.65. The molecular formula is C19H21F2N3OS. The Morgan fingerprint density at radius 1 is 1.08 bits per heavy atom. The van der Waals surface area contributed by atoms with Gasteiger partial charge in [0.1, 0.15) is 5.75 Å². The van der Waals surface area contributed by atoms with Crippen LogP contribution >= 0.6 is 12.2 Å². The lowest BCUT2D eigenvalue weighted by Crippen LogP contribution is -2.25. The second-order valence-corrected chi connectivity index (χ2v) is 6.32. The van der Waals surface area contributed by atoms with Gasteiger partial charge in [0.25, 0.3) is 0 Å². The minimum Gasteiger partial charge on any atom is -0.434 e. The van der Waals surface area contributed by atoms with E-state index in [0.717, 1.165) is 5.69 Å². The van der Waals surface area contributed by atoms with Crippen molar-refractivity contribution in [2.24, 2.45) is 5.10 Å². The van der Waals surface area contributed by atoms with Gasteiger partial charge in [0.2, 0.25) is 0 Å². The average molecular weight is 377 g/mol. The Hall–Kier alpha value is -2.54. The topological polar surface area (TPSA) is 45.7 Å². The van der Waals surface area contributed by atoms with Gasteiger partial charge in [-0.25, -0.2) is 0 Å². The van der Waals surface area contributed by atoms with Gasteiger partial charge >= 0.3 is 6.61 Å². The molecule has 0 bridgehead atoms. The Morgan fingerprint density at radius 3 is 2.35 bits per heavy atom. The zero-order chi connectivity index (χ0) is 19.1. The van der Waals surface area contributed by atoms with Gasteiger partial charge in [0.05, 0.1) is 5.71 Å². The zero-order valence-corrected chi connectivity index (χ0v) is 15.6. The van der Waals surface area contributed by atoms with Crippen LogP contribution < -0.4 is 15.5 Å². The van der Waals surface area contributed by atoms with Crippen LogP contribution in [-0.4, -0.2) is 17.4 Å². The Bertz CT molecular complexity index is 777. The number of benzene rings is 2. The van der Waals surface area contributed by atoms with Crippen LogP contribution in [0.15, 0.2) is 53.6 Å². The van der Waals surface area contributed by atoms with Crippen LogP contribution in [0.4, 0.5) is 14.5 Å². The number of nitrogens with one attached hydrogen (secondary N) is 2. The average Bonchev–Trinajstić information content (AvgIpc) is 2.60. The third-order valence-corrected chi connectivity index (χ3v) is 3.85. The quantitative estimate of drug-likeness (QED) is 0.417. The fourth-order valence-electron chi connectivity index (χ4n) is 2.27. The van der Waals surface area contributed by atoms with Gasteiger partial charge in [-0.1, -0.05) is 38.1 Å². The highest BCUT2D eigenvalue weighted by atomic mass is 32.1. The lowest BCUT2D eigenvalue weighted by Gasteiger charge is -2.12. The molecule has 0 radical (unpaired) electrons. The molecule has 2 rings (SSSR count). The SMILES string of the molecule is CC(=NNC(=S)Nc1ccc(C(C)C)cc1)c1ccccc1OC(F)F. The van der Waals surface area contributed by atoms with Gasteiger partial charge in [-0.3, -0.25) is 5.43 Å². The molecule has 0 aliphatic carbocycles. The molecule has 0 heterocycles. The smallest absolute Gasteiger partial charge is 0.387 e. The molecule has 0 aliphatic heterocycles. The molecule has 0 aromatic heterocycles. The van der Waals surface area contributed by atoms with Gasteiger partial charge in [0, 0.05) is 11.3 Å². The number of rotatable bonds is 6. The number of thiocarbonyl (C=S) groups is 1. The van der Waals surface area contributed by atoms with Gasteiger partial charge in [-0.05, 0) is 54.9 Å². The maximum Gasteiger partial charge on any atom is 0.387 e. The van der Waals surface area contributed by atoms with Crippen LogP contribution in [0.3, 0.4) is 0 Å². The molecule has 0 fully saturated rings. The van der Waals surface area contributed by atoms with E-state index in [4.69, 9.17) is 12.2 Å². The second kappa shape index (κ2) is 9.24. The van der Waals surface area contributed by atoms with Crippen molar-refractivity contribution in [1.82, 2.24) is 5.43 Å². The minimum absolute atomic E-state index is 0.0636. The maximum atomic E-state index is 12.5. The van der Waals surface area contributed by atoms with Crippen LogP contribution in [0.1, 0.15) is 37.8 Å². The summed E-state index contributed by atoms with van der Waals surface area (Å²) in [5.41, 5.74) is 5.72. The molecule has 4 nitrogen and oxygen atoms in total. The summed E-state index contributed by atoms with van der Waals surface area (Å²) in [4.78, 5) is 0. The number of ether oxygens (including phenoxy) is 1. The number of halogens is 2. The number of nitrogens with zero attached hydrogens (tertiary/aromatic N) is 1. The minimum atomic E-state index is -2.89. The number of hydrazone groups is 1. The number of anilines is 1. The summed E-state index contributed by atoms with van der Waals surface area (Å²) >= 11 is 5.21. The molecule has 0 unspecified atom stereocenters. The van der Waals surface area contributed by atoms with Crippen molar-refractivity contribution in [3.63, 3.8) is 0 Å². The van der Waals surface area contributed by atoms with E-state index in [-0.39, 0.29) is 5.75 Å². The molecule has 0 saturated heterocycles. The molecule has 0 saturated carbocycles. The van der Waals surface area contributed by atoms with E-state index < -0.39 is 6.61 Å². The van der Waals surface area contributed by atoms with Crippen molar-refractivity contribution < 1.29 is 13.5 Å². The largest absolute Gasteiger partial charge is 0.434 e. The summed E-state index contributed by atoms with van der Waals surface area (Å²) in [6, 6.07) is 14.4. The van der Waals surface area contributed by atoms with E-state index in [2.05, 4.69) is 34.4 Å². The van der Waals surface area contributed by atoms with Crippen LogP contribution in [0.5, 0.6) is 5.75 Å². The van der Waals surface area contributed by atoms with Crippen molar-refractivity contribution in [2.75, 3.05) is 5.32 Å². The van der Waals surface area contributed by atoms with E-state index >= 15 is 0 Å². The summed E-state index contributed by atoms with van der Waals surface area (Å²) < 4.78 is 29.5. The van der Waals surface area contributed by atoms with E-state index in [1.165, 1.54) is 11.6 Å². The second-order valence-electron chi connectivity index (χ2n) is 5.91. The first kappa shape index (κ1) is 19.8. The predicted octanol–water partition coefficient (Wildman–Crippen LogP) is 5.12. The standard InChI is InChI=1S/C19H21F2N3OS/c1-12(2)14-8-10-15(11-9-14)22-19(26)24-23-13(3)16-6-4-5-7-17(16)25-18(20)21/h4-12,18H,1-3H3,(H2,22,24,26). The molecule has 2 aromatic carbocycles. The maximum absolute atomic E-state index is 12.5. The van der Waals surface area contributed by atoms with E-state index in [9.17, 15) is 8.78 Å². The van der Waals surface area contributed by atoms with Crippen molar-refractivity contribution in [3.05, 3.63) is 59.7 Å². The lowest BCUT2D eigenvalue weighted by molar-refractivity contribution is -0.0499. The zero-order valence-electron chi connectivity index (χ0n) is 14.8. The lowest BCUT2D eigenvalue weighted by atomic mass is 10.0. The van der Waals surface area contributed by atoms with Crippen molar-refractivity contribution in [3.8, 4) is 5.75 Å². The molecule has 0 atom stereocenters. The molecule has 2 N–H and O–H groups in total. The van der Waals surface area contributed by atoms with Crippen LogP contribution in [0.2, 0.25) is 0 Å². The Labute approximate surface area is 157 Å². The van der Waals surface area contributed by atoms with Crippen molar-refractivity contribution in [2.45, 2.75) is 33.3 Å². The van der Waals surface area contributed by atoms with Gasteiger partial charge in [-0.2, -0.15) is 13.9 Å². The molecule has 138 valence electrons. The fraction of sp³-hybridized carbons (Fsp3) is 0.263. The molecule has 2 aromatic rings. The summed E-state index contributed by atoms with van der Waals surface area (Å²) in [5, 5.41) is 7.47. The molecule has 26 heavy (non-hydrogen) atoms. The first-order valence-electron chi connectivity index (χ1n) is 8.12. The molecule has 0 aliphatic rings. The number of hydrogen-bond acceptors (Lipinski definition) is 3. The van der Waals surface area contributed by atoms with E-state index in [0.29, 0.717) is 22.3 Å². The molecule has 7 heteroatoms. The van der Waals surface area contributed by atoms with Crippen LogP contribution in [0.25, 0.3) is 0 Å². The predicted molar refractivity (Wildman–Crippen MR) is 105 cm³/mol. The highest BCUT2D eigenvalue weighted by Crippen LogP contribution is 2.21. The number of hydrogen-bond donors (Lipinski definition) is 2. The highest BCUT2D eigenvalue weighted by Gasteiger charge is 2.11. The third kappa shape index (κ3) is 5.77. The van der Waals surface area contributed by atoms with Crippen LogP contribution in [0, 0.1) is 0 Å². The van der Waals surface area contributed by atoms with Crippen LogP contribution in [-0.2, 0) is 0 Å². The monoisotopic (exact) mass is 377 g/mol. The van der Waals surface area contributed by atoms with Gasteiger partial charge in [0.15, 0.2) is 5.11 Å². The first-order valence-corrected chi connectivity index (χ1v) is 8.53.